The highest BCUT2D eigenvalue weighted by molar-refractivity contribution is 5.97. The van der Waals surface area contributed by atoms with E-state index in [1.807, 2.05) is 20.8 Å². The molecule has 3 aromatic rings. The van der Waals surface area contributed by atoms with E-state index in [1.165, 1.54) is 24.3 Å². The molecule has 5 atom stereocenters. The van der Waals surface area contributed by atoms with Crippen LogP contribution in [0.1, 0.15) is 75.8 Å². The van der Waals surface area contributed by atoms with Crippen LogP contribution in [0.4, 0.5) is 17.6 Å². The van der Waals surface area contributed by atoms with E-state index in [4.69, 9.17) is 4.74 Å². The van der Waals surface area contributed by atoms with Crippen LogP contribution < -0.4 is 21.3 Å². The van der Waals surface area contributed by atoms with Crippen molar-refractivity contribution in [1.82, 2.24) is 31.2 Å². The maximum atomic E-state index is 14.7. The summed E-state index contributed by atoms with van der Waals surface area (Å²) in [4.78, 5) is 60.6. The number of carbonyl (C=O) groups is 4. The molecular formula is C40H52F4N6O5. The number of nitrogens with zero attached hydrogens (tertiary/aromatic N) is 1. The van der Waals surface area contributed by atoms with Crippen molar-refractivity contribution in [1.29, 1.82) is 0 Å². The van der Waals surface area contributed by atoms with Crippen LogP contribution in [0.5, 0.6) is 0 Å². The van der Waals surface area contributed by atoms with Crippen molar-refractivity contribution in [3.63, 3.8) is 0 Å². The summed E-state index contributed by atoms with van der Waals surface area (Å²) in [6, 6.07) is 8.56. The summed E-state index contributed by atoms with van der Waals surface area (Å²) in [6.07, 6.45) is -4.55. The molecule has 5 rings (SSSR count). The standard InChI is InChI=1S/C40H52F4N6O5/c1-5-24(3)34(46-33(52)22-26-10-7-8-13-30(26)41)37(53)49-39(16-14-31-28(23-39)27-11-9-12-29(35(27)45-31)40(42,43)44)38(54)48-36(25(4)6-2)47-32(51)15-17-50-18-20-55-21-19-50/h7-13,24-25,34,36,45H,5-6,14-23H2,1-4H3,(H,46,52)(H,47,51)(H,48,54)(H,49,53)/t24?,25-,34-,36+,39?/m0/s1. The lowest BCUT2D eigenvalue weighted by Crippen LogP contribution is -2.67. The van der Waals surface area contributed by atoms with Crippen LogP contribution in [-0.2, 0) is 49.4 Å². The summed E-state index contributed by atoms with van der Waals surface area (Å²) in [5.41, 5.74) is -1.49. The predicted octanol–water partition coefficient (Wildman–Crippen LogP) is 4.77. The van der Waals surface area contributed by atoms with Crippen molar-refractivity contribution in [3.05, 3.63) is 70.7 Å². The number of benzene rings is 2. The number of amides is 4. The van der Waals surface area contributed by atoms with E-state index in [0.29, 0.717) is 56.9 Å². The highest BCUT2D eigenvalue weighted by Gasteiger charge is 2.47. The number of hydrogen-bond acceptors (Lipinski definition) is 6. The first kappa shape index (κ1) is 41.7. The Bertz CT molecular complexity index is 1840. The van der Waals surface area contributed by atoms with Gasteiger partial charge in [0.25, 0.3) is 0 Å². The van der Waals surface area contributed by atoms with Crippen molar-refractivity contribution in [2.24, 2.45) is 11.8 Å². The fourth-order valence-electron chi connectivity index (χ4n) is 7.29. The topological polar surface area (TPSA) is 145 Å². The van der Waals surface area contributed by atoms with Crippen LogP contribution >= 0.6 is 0 Å². The second-order valence-corrected chi connectivity index (χ2v) is 14.9. The molecule has 2 aromatic carbocycles. The summed E-state index contributed by atoms with van der Waals surface area (Å²) in [6.45, 7) is 10.5. The molecular weight excluding hydrogens is 720 g/mol. The Morgan fingerprint density at radius 3 is 2.31 bits per heavy atom. The van der Waals surface area contributed by atoms with Crippen LogP contribution in [0.25, 0.3) is 10.9 Å². The number of hydrogen-bond donors (Lipinski definition) is 5. The summed E-state index contributed by atoms with van der Waals surface area (Å²) in [5, 5.41) is 11.9. The van der Waals surface area contributed by atoms with Crippen LogP contribution in [0.15, 0.2) is 42.5 Å². The van der Waals surface area contributed by atoms with Crippen molar-refractivity contribution in [2.45, 2.75) is 96.6 Å². The quantitative estimate of drug-likeness (QED) is 0.111. The maximum absolute atomic E-state index is 14.7. The lowest BCUT2D eigenvalue weighted by atomic mass is 9.78. The Hall–Kier alpha value is -4.50. The molecule has 2 heterocycles. The molecule has 1 saturated heterocycles. The number of aromatic nitrogens is 1. The largest absolute Gasteiger partial charge is 0.418 e. The van der Waals surface area contributed by atoms with Gasteiger partial charge in [-0.2, -0.15) is 13.2 Å². The van der Waals surface area contributed by atoms with Gasteiger partial charge in [-0.05, 0) is 54.4 Å². The summed E-state index contributed by atoms with van der Waals surface area (Å²) in [7, 11) is 0. The average molecular weight is 773 g/mol. The fraction of sp³-hybridized carbons (Fsp3) is 0.550. The van der Waals surface area contributed by atoms with Gasteiger partial charge >= 0.3 is 6.18 Å². The van der Waals surface area contributed by atoms with E-state index in [9.17, 15) is 36.7 Å². The van der Waals surface area contributed by atoms with Gasteiger partial charge in [-0.3, -0.25) is 24.1 Å². The zero-order chi connectivity index (χ0) is 39.9. The molecule has 55 heavy (non-hydrogen) atoms. The highest BCUT2D eigenvalue weighted by Crippen LogP contribution is 2.40. The first-order chi connectivity index (χ1) is 26.2. The second kappa shape index (κ2) is 18.0. The Morgan fingerprint density at radius 1 is 0.927 bits per heavy atom. The van der Waals surface area contributed by atoms with Crippen molar-refractivity contribution in [3.8, 4) is 0 Å². The number of rotatable bonds is 15. The molecule has 1 aromatic heterocycles. The number of aryl methyl sites for hydroxylation is 1. The lowest BCUT2D eigenvalue weighted by molar-refractivity contribution is -0.138. The number of alkyl halides is 3. The molecule has 5 N–H and O–H groups in total. The zero-order valence-electron chi connectivity index (χ0n) is 31.8. The number of H-pyrrole nitrogens is 1. The van der Waals surface area contributed by atoms with Gasteiger partial charge in [0, 0.05) is 43.6 Å². The molecule has 0 spiro atoms. The third-order valence-corrected chi connectivity index (χ3v) is 11.1. The molecule has 300 valence electrons. The van der Waals surface area contributed by atoms with E-state index < -0.39 is 58.9 Å². The zero-order valence-corrected chi connectivity index (χ0v) is 31.8. The third-order valence-electron chi connectivity index (χ3n) is 11.1. The Kier molecular flexibility index (Phi) is 13.6. The summed E-state index contributed by atoms with van der Waals surface area (Å²) >= 11 is 0. The van der Waals surface area contributed by atoms with E-state index in [1.54, 1.807) is 19.1 Å². The van der Waals surface area contributed by atoms with Gasteiger partial charge in [0.15, 0.2) is 0 Å². The minimum absolute atomic E-state index is 0.0142. The minimum Gasteiger partial charge on any atom is -0.379 e. The maximum Gasteiger partial charge on any atom is 0.418 e. The number of morpholine rings is 1. The van der Waals surface area contributed by atoms with Gasteiger partial charge in [0.05, 0.1) is 30.7 Å². The number of para-hydroxylation sites is 1. The van der Waals surface area contributed by atoms with Crippen molar-refractivity contribution < 1.29 is 41.5 Å². The average Bonchev–Trinajstić information content (AvgIpc) is 3.53. The first-order valence-corrected chi connectivity index (χ1v) is 19.1. The molecule has 4 amide bonds. The molecule has 1 aliphatic carbocycles. The van der Waals surface area contributed by atoms with E-state index in [-0.39, 0.29) is 60.4 Å². The van der Waals surface area contributed by atoms with Crippen LogP contribution in [0.3, 0.4) is 0 Å². The molecule has 2 unspecified atom stereocenters. The van der Waals surface area contributed by atoms with Gasteiger partial charge in [-0.25, -0.2) is 4.39 Å². The monoisotopic (exact) mass is 772 g/mol. The Labute approximate surface area is 318 Å². The number of nitrogens with one attached hydrogen (secondary N) is 5. The molecule has 2 aliphatic rings. The van der Waals surface area contributed by atoms with Crippen LogP contribution in [0.2, 0.25) is 0 Å². The van der Waals surface area contributed by atoms with E-state index in [0.717, 1.165) is 6.07 Å². The molecule has 0 radical (unpaired) electrons. The fourth-order valence-corrected chi connectivity index (χ4v) is 7.29. The molecule has 0 bridgehead atoms. The number of aromatic amines is 1. The summed E-state index contributed by atoms with van der Waals surface area (Å²) in [5.74, 6) is -3.35. The number of ether oxygens (including phenoxy) is 1. The highest BCUT2D eigenvalue weighted by atomic mass is 19.4. The molecule has 1 aliphatic heterocycles. The molecule has 11 nitrogen and oxygen atoms in total. The third kappa shape index (κ3) is 10.0. The lowest BCUT2D eigenvalue weighted by Gasteiger charge is -2.40. The van der Waals surface area contributed by atoms with E-state index >= 15 is 0 Å². The second-order valence-electron chi connectivity index (χ2n) is 14.9. The number of carbonyl (C=O) groups excluding carboxylic acids is 4. The van der Waals surface area contributed by atoms with Crippen LogP contribution in [-0.4, -0.2) is 84.1 Å². The van der Waals surface area contributed by atoms with Gasteiger partial charge in [-0.1, -0.05) is 64.4 Å². The SMILES string of the molecule is CCC(C)[C@H](NC(=O)Cc1ccccc1F)C(=O)NC1(C(=O)N[C@@H](NC(=O)CCN2CCOCC2)[C@@H](C)CC)CCc2[nH]c3c(C(F)(F)F)cccc3c2C1. The van der Waals surface area contributed by atoms with Crippen molar-refractivity contribution >= 4 is 34.5 Å². The van der Waals surface area contributed by atoms with Gasteiger partial charge in [-0.15, -0.1) is 0 Å². The van der Waals surface area contributed by atoms with Gasteiger partial charge in [0.1, 0.15) is 23.6 Å². The van der Waals surface area contributed by atoms with Crippen molar-refractivity contribution in [2.75, 3.05) is 32.8 Å². The smallest absolute Gasteiger partial charge is 0.379 e. The molecule has 15 heteroatoms. The molecule has 0 saturated carbocycles. The Balaban J connectivity index is 1.45. The number of fused-ring (bicyclic) bond motifs is 3. The molecule has 1 fully saturated rings. The minimum atomic E-state index is -4.64. The first-order valence-electron chi connectivity index (χ1n) is 19.1. The Morgan fingerprint density at radius 2 is 1.64 bits per heavy atom. The van der Waals surface area contributed by atoms with Gasteiger partial charge in [0.2, 0.25) is 23.6 Å². The normalized spacial score (nSPS) is 19.8. The number of halogens is 4. The predicted molar refractivity (Wildman–Crippen MR) is 199 cm³/mol. The van der Waals surface area contributed by atoms with E-state index in [2.05, 4.69) is 31.2 Å². The van der Waals surface area contributed by atoms with Gasteiger partial charge < -0.3 is 31.0 Å². The summed E-state index contributed by atoms with van der Waals surface area (Å²) < 4.78 is 62.0. The van der Waals surface area contributed by atoms with Crippen LogP contribution in [0, 0.1) is 17.7 Å².